The maximum Gasteiger partial charge on any atom is 0.266 e. The molecule has 0 bridgehead atoms. The number of carbonyl (C=O) groups excluding carboxylic acids is 1. The standard InChI is InChI=1S/C22H29N3O2S/c26-21-11-10-19(20-9-5-13-28-20)23-25(21)16-18-8-4-12-24(15-18)22(27)14-17-6-2-1-3-7-17/h5,9-11,13,17-18H,1-4,6-8,12,14-16H2/t18-/m0/s1. The van der Waals surface area contributed by atoms with Gasteiger partial charge in [-0.1, -0.05) is 25.3 Å². The van der Waals surface area contributed by atoms with Crippen molar-refractivity contribution in [3.8, 4) is 10.6 Å². The lowest BCUT2D eigenvalue weighted by atomic mass is 9.86. The molecule has 0 radical (unpaired) electrons. The summed E-state index contributed by atoms with van der Waals surface area (Å²) in [5.41, 5.74) is 0.779. The summed E-state index contributed by atoms with van der Waals surface area (Å²) in [6, 6.07) is 7.42. The Morgan fingerprint density at radius 2 is 1.89 bits per heavy atom. The fraction of sp³-hybridized carbons (Fsp3) is 0.591. The van der Waals surface area contributed by atoms with Crippen LogP contribution in [0.2, 0.25) is 0 Å². The first-order valence-electron chi connectivity index (χ1n) is 10.6. The fourth-order valence-electron chi connectivity index (χ4n) is 4.59. The van der Waals surface area contributed by atoms with Gasteiger partial charge in [-0.2, -0.15) is 5.10 Å². The summed E-state index contributed by atoms with van der Waals surface area (Å²) < 4.78 is 1.59. The van der Waals surface area contributed by atoms with E-state index in [2.05, 4.69) is 5.10 Å². The Morgan fingerprint density at radius 3 is 2.68 bits per heavy atom. The molecule has 0 spiro atoms. The molecule has 1 amide bonds. The molecule has 0 aromatic carbocycles. The first kappa shape index (κ1) is 19.4. The Morgan fingerprint density at radius 1 is 1.07 bits per heavy atom. The summed E-state index contributed by atoms with van der Waals surface area (Å²) in [5, 5.41) is 6.60. The van der Waals surface area contributed by atoms with Gasteiger partial charge in [0.05, 0.1) is 4.88 Å². The lowest BCUT2D eigenvalue weighted by Gasteiger charge is -2.34. The lowest BCUT2D eigenvalue weighted by molar-refractivity contribution is -0.134. The first-order chi connectivity index (χ1) is 13.7. The normalized spacial score (nSPS) is 21.0. The molecule has 2 aromatic heterocycles. The van der Waals surface area contributed by atoms with Crippen LogP contribution in [-0.2, 0) is 11.3 Å². The number of carbonyl (C=O) groups is 1. The van der Waals surface area contributed by atoms with E-state index in [-0.39, 0.29) is 5.56 Å². The topological polar surface area (TPSA) is 55.2 Å². The number of likely N-dealkylation sites (tertiary alicyclic amines) is 1. The molecule has 2 fully saturated rings. The predicted molar refractivity (Wildman–Crippen MR) is 112 cm³/mol. The molecule has 2 aliphatic rings. The number of thiophene rings is 1. The second kappa shape index (κ2) is 9.03. The number of rotatable bonds is 5. The van der Waals surface area contributed by atoms with E-state index in [0.29, 0.717) is 30.7 Å². The molecule has 2 aromatic rings. The molecule has 1 saturated heterocycles. The minimum Gasteiger partial charge on any atom is -0.342 e. The Kier molecular flexibility index (Phi) is 6.25. The zero-order chi connectivity index (χ0) is 19.3. The van der Waals surface area contributed by atoms with Crippen LogP contribution in [0, 0.1) is 11.8 Å². The molecule has 6 heteroatoms. The van der Waals surface area contributed by atoms with Crippen molar-refractivity contribution in [2.45, 2.75) is 57.9 Å². The monoisotopic (exact) mass is 399 g/mol. The van der Waals surface area contributed by atoms with Crippen molar-refractivity contribution >= 4 is 17.2 Å². The highest BCUT2D eigenvalue weighted by Gasteiger charge is 2.26. The first-order valence-corrected chi connectivity index (χ1v) is 11.5. The van der Waals surface area contributed by atoms with Gasteiger partial charge in [0.25, 0.3) is 5.56 Å². The van der Waals surface area contributed by atoms with Crippen molar-refractivity contribution in [3.63, 3.8) is 0 Å². The second-order valence-electron chi connectivity index (χ2n) is 8.27. The molecule has 0 N–H and O–H groups in total. The summed E-state index contributed by atoms with van der Waals surface area (Å²) in [7, 11) is 0. The molecule has 4 rings (SSSR count). The van der Waals surface area contributed by atoms with Gasteiger partial charge in [0.15, 0.2) is 0 Å². The lowest BCUT2D eigenvalue weighted by Crippen LogP contribution is -2.42. The van der Waals surface area contributed by atoms with Gasteiger partial charge in [-0.25, -0.2) is 4.68 Å². The van der Waals surface area contributed by atoms with Crippen LogP contribution in [0.3, 0.4) is 0 Å². The number of hydrogen-bond donors (Lipinski definition) is 0. The van der Waals surface area contributed by atoms with Gasteiger partial charge in [-0.05, 0) is 55.0 Å². The Labute approximate surface area is 170 Å². The van der Waals surface area contributed by atoms with Crippen LogP contribution >= 0.6 is 11.3 Å². The van der Waals surface area contributed by atoms with E-state index < -0.39 is 0 Å². The number of piperidine rings is 1. The molecule has 1 atom stereocenters. The van der Waals surface area contributed by atoms with Crippen molar-refractivity contribution in [3.05, 3.63) is 40.0 Å². The van der Waals surface area contributed by atoms with Crippen LogP contribution in [0.5, 0.6) is 0 Å². The Balaban J connectivity index is 1.39. The van der Waals surface area contributed by atoms with Gasteiger partial charge < -0.3 is 4.90 Å². The number of amides is 1. The SMILES string of the molecule is O=C(CC1CCCCC1)N1CCC[C@H](Cn2nc(-c3cccs3)ccc2=O)C1. The van der Waals surface area contributed by atoms with Crippen LogP contribution in [-0.4, -0.2) is 33.7 Å². The van der Waals surface area contributed by atoms with E-state index in [1.807, 2.05) is 22.4 Å². The van der Waals surface area contributed by atoms with E-state index >= 15 is 0 Å². The van der Waals surface area contributed by atoms with E-state index in [1.165, 1.54) is 32.1 Å². The van der Waals surface area contributed by atoms with Crippen molar-refractivity contribution in [1.29, 1.82) is 0 Å². The van der Waals surface area contributed by atoms with Gasteiger partial charge in [-0.3, -0.25) is 9.59 Å². The van der Waals surface area contributed by atoms with E-state index in [0.717, 1.165) is 36.5 Å². The van der Waals surface area contributed by atoms with Crippen LogP contribution in [0.4, 0.5) is 0 Å². The Hall–Kier alpha value is -1.95. The van der Waals surface area contributed by atoms with Gasteiger partial charge >= 0.3 is 0 Å². The van der Waals surface area contributed by atoms with Gasteiger partial charge in [0.1, 0.15) is 5.69 Å². The second-order valence-corrected chi connectivity index (χ2v) is 9.22. The highest BCUT2D eigenvalue weighted by molar-refractivity contribution is 7.13. The van der Waals surface area contributed by atoms with E-state index in [4.69, 9.17) is 0 Å². The molecular formula is C22H29N3O2S. The van der Waals surface area contributed by atoms with E-state index in [1.54, 1.807) is 28.2 Å². The van der Waals surface area contributed by atoms with Crippen LogP contribution in [0.15, 0.2) is 34.4 Å². The van der Waals surface area contributed by atoms with E-state index in [9.17, 15) is 9.59 Å². The summed E-state index contributed by atoms with van der Waals surface area (Å²) in [5.74, 6) is 1.19. The molecule has 28 heavy (non-hydrogen) atoms. The molecular weight excluding hydrogens is 370 g/mol. The molecule has 3 heterocycles. The third-order valence-corrected chi connectivity index (χ3v) is 7.02. The molecule has 1 saturated carbocycles. The van der Waals surface area contributed by atoms with Gasteiger partial charge in [-0.15, -0.1) is 11.3 Å². The van der Waals surface area contributed by atoms with Crippen LogP contribution < -0.4 is 5.56 Å². The Bertz CT molecular complexity index is 840. The molecule has 1 aliphatic carbocycles. The largest absolute Gasteiger partial charge is 0.342 e. The van der Waals surface area contributed by atoms with Crippen molar-refractivity contribution in [1.82, 2.24) is 14.7 Å². The molecule has 5 nitrogen and oxygen atoms in total. The summed E-state index contributed by atoms with van der Waals surface area (Å²) in [4.78, 5) is 28.2. The van der Waals surface area contributed by atoms with Crippen molar-refractivity contribution in [2.24, 2.45) is 11.8 Å². The van der Waals surface area contributed by atoms with Crippen LogP contribution in [0.1, 0.15) is 51.4 Å². The number of nitrogens with zero attached hydrogens (tertiary/aromatic N) is 3. The third-order valence-electron chi connectivity index (χ3n) is 6.13. The summed E-state index contributed by atoms with van der Waals surface area (Å²) in [6.45, 7) is 2.20. The molecule has 150 valence electrons. The van der Waals surface area contributed by atoms with Gasteiger partial charge in [0, 0.05) is 32.1 Å². The minimum absolute atomic E-state index is 0.0639. The maximum absolute atomic E-state index is 12.8. The highest BCUT2D eigenvalue weighted by Crippen LogP contribution is 2.28. The zero-order valence-corrected chi connectivity index (χ0v) is 17.2. The molecule has 0 unspecified atom stereocenters. The minimum atomic E-state index is -0.0639. The number of hydrogen-bond acceptors (Lipinski definition) is 4. The van der Waals surface area contributed by atoms with Crippen LogP contribution in [0.25, 0.3) is 10.6 Å². The highest BCUT2D eigenvalue weighted by atomic mass is 32.1. The van der Waals surface area contributed by atoms with Crippen molar-refractivity contribution in [2.75, 3.05) is 13.1 Å². The maximum atomic E-state index is 12.8. The van der Waals surface area contributed by atoms with Crippen molar-refractivity contribution < 1.29 is 4.79 Å². The number of aromatic nitrogens is 2. The van der Waals surface area contributed by atoms with Gasteiger partial charge in [0.2, 0.25) is 5.91 Å². The average Bonchev–Trinajstić information content (AvgIpc) is 3.25. The fourth-order valence-corrected chi connectivity index (χ4v) is 5.28. The predicted octanol–water partition coefficient (Wildman–Crippen LogP) is 4.18. The zero-order valence-electron chi connectivity index (χ0n) is 16.4. The quantitative estimate of drug-likeness (QED) is 0.758. The summed E-state index contributed by atoms with van der Waals surface area (Å²) >= 11 is 1.63. The third kappa shape index (κ3) is 4.72. The smallest absolute Gasteiger partial charge is 0.266 e. The summed E-state index contributed by atoms with van der Waals surface area (Å²) in [6.07, 6.45) is 9.05. The molecule has 1 aliphatic heterocycles. The average molecular weight is 400 g/mol.